The summed E-state index contributed by atoms with van der Waals surface area (Å²) >= 11 is 0. The standard InChI is InChI=1S/C15H19N3O/c1-3-16-15-13-10-12(19-2)6-5-11(13)9-14(15)18-8-4-7-17-18/h4-8,10,14-16H,3,9H2,1-2H3. The molecule has 1 aromatic heterocycles. The van der Waals surface area contributed by atoms with Crippen molar-refractivity contribution >= 4 is 0 Å². The summed E-state index contributed by atoms with van der Waals surface area (Å²) in [4.78, 5) is 0. The Bertz CT molecular complexity index is 551. The van der Waals surface area contributed by atoms with Gasteiger partial charge in [0.25, 0.3) is 0 Å². The van der Waals surface area contributed by atoms with E-state index in [0.717, 1.165) is 18.7 Å². The topological polar surface area (TPSA) is 39.1 Å². The van der Waals surface area contributed by atoms with Crippen molar-refractivity contribution in [3.05, 3.63) is 47.8 Å². The lowest BCUT2D eigenvalue weighted by Gasteiger charge is -2.21. The zero-order valence-electron chi connectivity index (χ0n) is 11.3. The van der Waals surface area contributed by atoms with Crippen molar-refractivity contribution in [2.45, 2.75) is 25.4 Å². The Labute approximate surface area is 113 Å². The van der Waals surface area contributed by atoms with Gasteiger partial charge in [-0.25, -0.2) is 0 Å². The summed E-state index contributed by atoms with van der Waals surface area (Å²) in [6.45, 7) is 3.08. The normalized spacial score (nSPS) is 21.4. The number of benzene rings is 1. The van der Waals surface area contributed by atoms with Crippen LogP contribution in [0, 0.1) is 0 Å². The molecule has 3 rings (SSSR count). The molecule has 100 valence electrons. The highest BCUT2D eigenvalue weighted by Crippen LogP contribution is 2.40. The lowest BCUT2D eigenvalue weighted by atomic mass is 10.1. The number of likely N-dealkylation sites (N-methyl/N-ethyl adjacent to an activating group) is 1. The maximum Gasteiger partial charge on any atom is 0.119 e. The molecular weight excluding hydrogens is 238 g/mol. The molecule has 2 aromatic rings. The molecule has 1 aliphatic rings. The predicted octanol–water partition coefficient (Wildman–Crippen LogP) is 2.34. The number of nitrogens with one attached hydrogen (secondary N) is 1. The molecule has 0 amide bonds. The minimum absolute atomic E-state index is 0.301. The molecule has 4 heteroatoms. The van der Waals surface area contributed by atoms with Crippen LogP contribution in [-0.4, -0.2) is 23.4 Å². The highest BCUT2D eigenvalue weighted by molar-refractivity contribution is 5.42. The molecule has 19 heavy (non-hydrogen) atoms. The summed E-state index contributed by atoms with van der Waals surface area (Å²) in [5, 5.41) is 7.98. The Morgan fingerprint density at radius 1 is 1.47 bits per heavy atom. The largest absolute Gasteiger partial charge is 0.497 e. The second kappa shape index (κ2) is 5.05. The minimum atomic E-state index is 0.301. The lowest BCUT2D eigenvalue weighted by Crippen LogP contribution is -2.27. The van der Waals surface area contributed by atoms with Crippen LogP contribution in [0.1, 0.15) is 30.1 Å². The fraction of sp³-hybridized carbons (Fsp3) is 0.400. The maximum absolute atomic E-state index is 5.34. The summed E-state index contributed by atoms with van der Waals surface area (Å²) in [6, 6.07) is 8.97. The second-order valence-electron chi connectivity index (χ2n) is 4.86. The third kappa shape index (κ3) is 2.12. The van der Waals surface area contributed by atoms with E-state index in [1.54, 1.807) is 7.11 Å². The molecule has 0 aliphatic heterocycles. The average Bonchev–Trinajstić information content (AvgIpc) is 3.06. The molecular formula is C15H19N3O. The molecule has 0 fully saturated rings. The molecule has 1 aromatic carbocycles. The summed E-state index contributed by atoms with van der Waals surface area (Å²) in [6.07, 6.45) is 4.89. The number of fused-ring (bicyclic) bond motifs is 1. The Kier molecular flexibility index (Phi) is 3.25. The van der Waals surface area contributed by atoms with E-state index in [0.29, 0.717) is 12.1 Å². The van der Waals surface area contributed by atoms with Crippen LogP contribution >= 0.6 is 0 Å². The Morgan fingerprint density at radius 2 is 2.37 bits per heavy atom. The van der Waals surface area contributed by atoms with Gasteiger partial charge in [0.2, 0.25) is 0 Å². The van der Waals surface area contributed by atoms with Crippen LogP contribution < -0.4 is 10.1 Å². The van der Waals surface area contributed by atoms with Gasteiger partial charge >= 0.3 is 0 Å². The van der Waals surface area contributed by atoms with Crippen LogP contribution in [0.15, 0.2) is 36.7 Å². The quantitative estimate of drug-likeness (QED) is 0.913. The van der Waals surface area contributed by atoms with Gasteiger partial charge in [0.15, 0.2) is 0 Å². The SMILES string of the molecule is CCNC1c2cc(OC)ccc2CC1n1cccn1. The van der Waals surface area contributed by atoms with Crippen molar-refractivity contribution in [2.75, 3.05) is 13.7 Å². The molecule has 0 saturated heterocycles. The van der Waals surface area contributed by atoms with E-state index in [4.69, 9.17) is 4.74 Å². The van der Waals surface area contributed by atoms with Gasteiger partial charge < -0.3 is 10.1 Å². The van der Waals surface area contributed by atoms with Gasteiger partial charge in [-0.1, -0.05) is 13.0 Å². The average molecular weight is 257 g/mol. The molecule has 2 atom stereocenters. The number of nitrogens with zero attached hydrogens (tertiary/aromatic N) is 2. The Morgan fingerprint density at radius 3 is 3.05 bits per heavy atom. The minimum Gasteiger partial charge on any atom is -0.497 e. The van der Waals surface area contributed by atoms with Crippen molar-refractivity contribution in [3.8, 4) is 5.75 Å². The summed E-state index contributed by atoms with van der Waals surface area (Å²) in [5.41, 5.74) is 2.72. The monoisotopic (exact) mass is 257 g/mol. The molecule has 1 N–H and O–H groups in total. The van der Waals surface area contributed by atoms with Crippen molar-refractivity contribution in [3.63, 3.8) is 0 Å². The van der Waals surface area contributed by atoms with Gasteiger partial charge in [-0.3, -0.25) is 4.68 Å². The Balaban J connectivity index is 1.98. The van der Waals surface area contributed by atoms with Crippen LogP contribution in [0.5, 0.6) is 5.75 Å². The summed E-state index contributed by atoms with van der Waals surface area (Å²) in [5.74, 6) is 0.919. The van der Waals surface area contributed by atoms with Gasteiger partial charge in [-0.2, -0.15) is 5.10 Å². The van der Waals surface area contributed by atoms with Gasteiger partial charge in [-0.15, -0.1) is 0 Å². The maximum atomic E-state index is 5.34. The van der Waals surface area contributed by atoms with Crippen molar-refractivity contribution in [1.82, 2.24) is 15.1 Å². The zero-order chi connectivity index (χ0) is 13.2. The van der Waals surface area contributed by atoms with E-state index in [1.807, 2.05) is 24.5 Å². The molecule has 2 unspecified atom stereocenters. The highest BCUT2D eigenvalue weighted by Gasteiger charge is 2.33. The smallest absolute Gasteiger partial charge is 0.119 e. The first-order valence-corrected chi connectivity index (χ1v) is 6.72. The molecule has 0 spiro atoms. The predicted molar refractivity (Wildman–Crippen MR) is 74.4 cm³/mol. The van der Waals surface area contributed by atoms with E-state index in [2.05, 4.69) is 34.2 Å². The fourth-order valence-corrected chi connectivity index (χ4v) is 2.91. The highest BCUT2D eigenvalue weighted by atomic mass is 16.5. The van der Waals surface area contributed by atoms with E-state index >= 15 is 0 Å². The first-order chi connectivity index (χ1) is 9.33. The third-order valence-electron chi connectivity index (χ3n) is 3.79. The van der Waals surface area contributed by atoms with E-state index in [1.165, 1.54) is 11.1 Å². The van der Waals surface area contributed by atoms with Crippen LogP contribution in [0.3, 0.4) is 0 Å². The van der Waals surface area contributed by atoms with E-state index in [9.17, 15) is 0 Å². The van der Waals surface area contributed by atoms with Crippen molar-refractivity contribution in [1.29, 1.82) is 0 Å². The number of aromatic nitrogens is 2. The molecule has 4 nitrogen and oxygen atoms in total. The lowest BCUT2D eigenvalue weighted by molar-refractivity contribution is 0.358. The first-order valence-electron chi connectivity index (χ1n) is 6.72. The molecule has 0 radical (unpaired) electrons. The number of methoxy groups -OCH3 is 1. The second-order valence-corrected chi connectivity index (χ2v) is 4.86. The van der Waals surface area contributed by atoms with Gasteiger partial charge in [0.05, 0.1) is 19.2 Å². The van der Waals surface area contributed by atoms with Gasteiger partial charge in [0.1, 0.15) is 5.75 Å². The molecule has 0 saturated carbocycles. The first kappa shape index (κ1) is 12.2. The molecule has 1 aliphatic carbocycles. The summed E-state index contributed by atoms with van der Waals surface area (Å²) in [7, 11) is 1.71. The van der Waals surface area contributed by atoms with Crippen LogP contribution in [0.2, 0.25) is 0 Å². The zero-order valence-corrected chi connectivity index (χ0v) is 11.3. The van der Waals surface area contributed by atoms with Crippen LogP contribution in [0.25, 0.3) is 0 Å². The number of ether oxygens (including phenoxy) is 1. The third-order valence-corrected chi connectivity index (χ3v) is 3.79. The van der Waals surface area contributed by atoms with E-state index < -0.39 is 0 Å². The van der Waals surface area contributed by atoms with Gasteiger partial charge in [0, 0.05) is 12.4 Å². The van der Waals surface area contributed by atoms with Crippen LogP contribution in [0.4, 0.5) is 0 Å². The number of rotatable bonds is 4. The molecule has 0 bridgehead atoms. The van der Waals surface area contributed by atoms with Crippen LogP contribution in [-0.2, 0) is 6.42 Å². The van der Waals surface area contributed by atoms with E-state index in [-0.39, 0.29) is 0 Å². The van der Waals surface area contributed by atoms with Gasteiger partial charge in [-0.05, 0) is 42.3 Å². The van der Waals surface area contributed by atoms with Crippen molar-refractivity contribution in [2.24, 2.45) is 0 Å². The fourth-order valence-electron chi connectivity index (χ4n) is 2.91. The molecule has 1 heterocycles. The Hall–Kier alpha value is -1.81. The van der Waals surface area contributed by atoms with Crippen molar-refractivity contribution < 1.29 is 4.74 Å². The number of hydrogen-bond donors (Lipinski definition) is 1. The summed E-state index contributed by atoms with van der Waals surface area (Å²) < 4.78 is 7.40. The number of hydrogen-bond acceptors (Lipinski definition) is 3.